The predicted octanol–water partition coefficient (Wildman–Crippen LogP) is 4.63. The summed E-state index contributed by atoms with van der Waals surface area (Å²) in [7, 11) is 0.540. The normalized spacial score (nSPS) is 11.5. The summed E-state index contributed by atoms with van der Waals surface area (Å²) in [5.41, 5.74) is 0.270. The molecule has 0 aliphatic heterocycles. The minimum absolute atomic E-state index is 0.0832. The molecule has 0 aliphatic rings. The van der Waals surface area contributed by atoms with Gasteiger partial charge in [-0.1, -0.05) is 18.2 Å². The van der Waals surface area contributed by atoms with Gasteiger partial charge in [-0.05, 0) is 34.4 Å². The van der Waals surface area contributed by atoms with E-state index in [2.05, 4.69) is 25.9 Å². The van der Waals surface area contributed by atoms with Crippen molar-refractivity contribution >= 4 is 37.1 Å². The second-order valence-electron chi connectivity index (χ2n) is 7.19. The van der Waals surface area contributed by atoms with Gasteiger partial charge in [0.15, 0.2) is 6.16 Å². The van der Waals surface area contributed by atoms with Gasteiger partial charge in [0.2, 0.25) is 5.95 Å². The maximum Gasteiger partial charge on any atom is 0.505 e. The van der Waals surface area contributed by atoms with Crippen molar-refractivity contribution < 1.29 is 32.2 Å². The van der Waals surface area contributed by atoms with Crippen molar-refractivity contribution in [3.63, 3.8) is 0 Å². The average Bonchev–Trinajstić information content (AvgIpc) is 2.82. The fourth-order valence-electron chi connectivity index (χ4n) is 3.14. The van der Waals surface area contributed by atoms with Crippen LogP contribution in [0.3, 0.4) is 0 Å². The summed E-state index contributed by atoms with van der Waals surface area (Å²) in [6.45, 7) is 0. The number of carbonyl (C=O) groups is 1. The Hall–Kier alpha value is -3.76. The lowest BCUT2D eigenvalue weighted by Crippen LogP contribution is -2.20. The zero-order valence-corrected chi connectivity index (χ0v) is 19.6. The van der Waals surface area contributed by atoms with Crippen molar-refractivity contribution in [3.8, 4) is 5.75 Å². The SMILES string of the molecule is CNC(=O)c1ccccc1Nc1nc(Nc2ccc(CC[P+](=O)O)cc2OC)ncc1C(F)(F)F. The van der Waals surface area contributed by atoms with E-state index in [0.29, 0.717) is 24.1 Å². The van der Waals surface area contributed by atoms with Crippen LogP contribution in [0.1, 0.15) is 21.5 Å². The van der Waals surface area contributed by atoms with Crippen LogP contribution in [0.5, 0.6) is 5.75 Å². The fourth-order valence-corrected chi connectivity index (χ4v) is 3.59. The van der Waals surface area contributed by atoms with Crippen LogP contribution in [-0.4, -0.2) is 41.1 Å². The van der Waals surface area contributed by atoms with Gasteiger partial charge in [-0.15, -0.1) is 0 Å². The summed E-state index contributed by atoms with van der Waals surface area (Å²) in [4.78, 5) is 28.9. The number of alkyl halides is 3. The summed E-state index contributed by atoms with van der Waals surface area (Å²) < 4.78 is 57.2. The molecular formula is C22H22F3N5O4P+. The lowest BCUT2D eigenvalue weighted by molar-refractivity contribution is -0.137. The lowest BCUT2D eigenvalue weighted by Gasteiger charge is -2.17. The molecule has 3 aromatic rings. The van der Waals surface area contributed by atoms with Crippen molar-refractivity contribution in [1.29, 1.82) is 0 Å². The highest BCUT2D eigenvalue weighted by molar-refractivity contribution is 7.37. The highest BCUT2D eigenvalue weighted by Crippen LogP contribution is 2.36. The quantitative estimate of drug-likeness (QED) is 0.309. The van der Waals surface area contributed by atoms with Gasteiger partial charge < -0.3 is 20.7 Å². The van der Waals surface area contributed by atoms with Crippen molar-refractivity contribution in [2.75, 3.05) is 31.0 Å². The number of nitrogens with one attached hydrogen (secondary N) is 3. The van der Waals surface area contributed by atoms with E-state index in [1.165, 1.54) is 26.3 Å². The Labute approximate surface area is 199 Å². The molecule has 1 amide bonds. The summed E-state index contributed by atoms with van der Waals surface area (Å²) in [5, 5.41) is 7.87. The second kappa shape index (κ2) is 11.1. The Kier molecular flexibility index (Phi) is 8.21. The van der Waals surface area contributed by atoms with Crippen molar-refractivity contribution in [2.24, 2.45) is 0 Å². The van der Waals surface area contributed by atoms with E-state index in [4.69, 9.17) is 9.63 Å². The standard InChI is InChI=1S/C22H21F3N5O4P/c1-26-20(31)14-5-3-4-6-16(14)28-19-15(22(23,24)25)12-27-21(30-19)29-17-8-7-13(9-10-35(32)33)11-18(17)34-2/h3-8,11-12H,9-10H2,1-2H3,(H3-,26,27,28,29,30,31,32,33)/p+1. The summed E-state index contributed by atoms with van der Waals surface area (Å²) in [6.07, 6.45) is -3.69. The largest absolute Gasteiger partial charge is 0.505 e. The summed E-state index contributed by atoms with van der Waals surface area (Å²) in [6, 6.07) is 11.0. The predicted molar refractivity (Wildman–Crippen MR) is 125 cm³/mol. The average molecular weight is 508 g/mol. The van der Waals surface area contributed by atoms with E-state index in [9.17, 15) is 22.5 Å². The monoisotopic (exact) mass is 508 g/mol. The number of methoxy groups -OCH3 is 1. The van der Waals surface area contributed by atoms with Gasteiger partial charge in [-0.2, -0.15) is 23.0 Å². The van der Waals surface area contributed by atoms with Gasteiger partial charge in [0.25, 0.3) is 5.91 Å². The van der Waals surface area contributed by atoms with Gasteiger partial charge in [0.05, 0.1) is 24.0 Å². The molecule has 1 unspecified atom stereocenters. The fraction of sp³-hybridized carbons (Fsp3) is 0.227. The smallest absolute Gasteiger partial charge is 0.495 e. The molecule has 1 aromatic heterocycles. The Morgan fingerprint density at radius 2 is 1.89 bits per heavy atom. The van der Waals surface area contributed by atoms with Crippen LogP contribution in [0, 0.1) is 0 Å². The minimum atomic E-state index is -4.75. The van der Waals surface area contributed by atoms with Crippen molar-refractivity contribution in [1.82, 2.24) is 15.3 Å². The van der Waals surface area contributed by atoms with E-state index in [1.54, 1.807) is 30.3 Å². The molecule has 1 heterocycles. The molecular weight excluding hydrogens is 486 g/mol. The third-order valence-corrected chi connectivity index (χ3v) is 5.46. The number of hydrogen-bond acceptors (Lipinski definition) is 7. The van der Waals surface area contributed by atoms with Crippen LogP contribution in [0.25, 0.3) is 0 Å². The molecule has 0 saturated carbocycles. The Balaban J connectivity index is 1.96. The number of amides is 1. The number of benzene rings is 2. The number of para-hydroxylation sites is 1. The molecule has 13 heteroatoms. The van der Waals surface area contributed by atoms with Gasteiger partial charge in [0, 0.05) is 19.7 Å². The number of nitrogens with zero attached hydrogens (tertiary/aromatic N) is 2. The van der Waals surface area contributed by atoms with Crippen LogP contribution in [0.2, 0.25) is 0 Å². The van der Waals surface area contributed by atoms with Crippen LogP contribution < -0.4 is 20.7 Å². The number of halogens is 3. The molecule has 1 atom stereocenters. The van der Waals surface area contributed by atoms with Gasteiger partial charge in [-0.25, -0.2) is 4.98 Å². The van der Waals surface area contributed by atoms with Gasteiger partial charge >= 0.3 is 14.2 Å². The van der Waals surface area contributed by atoms with Crippen LogP contribution in [-0.2, 0) is 17.2 Å². The number of carbonyl (C=O) groups excluding carboxylic acids is 1. The second-order valence-corrected chi connectivity index (χ2v) is 8.34. The maximum atomic E-state index is 13.6. The first-order valence-electron chi connectivity index (χ1n) is 10.2. The molecule has 3 rings (SSSR count). The molecule has 184 valence electrons. The third-order valence-electron chi connectivity index (χ3n) is 4.85. The number of anilines is 4. The molecule has 9 nitrogen and oxygen atoms in total. The van der Waals surface area contributed by atoms with E-state index >= 15 is 0 Å². The zero-order chi connectivity index (χ0) is 25.6. The van der Waals surface area contributed by atoms with Crippen LogP contribution in [0.15, 0.2) is 48.7 Å². The first-order chi connectivity index (χ1) is 16.6. The zero-order valence-electron chi connectivity index (χ0n) is 18.7. The van der Waals surface area contributed by atoms with Crippen molar-refractivity contribution in [3.05, 3.63) is 65.4 Å². The molecule has 0 fully saturated rings. The molecule has 0 saturated heterocycles. The molecule has 2 aromatic carbocycles. The minimum Gasteiger partial charge on any atom is -0.495 e. The highest BCUT2D eigenvalue weighted by atomic mass is 31.1. The number of aryl methyl sites for hydroxylation is 1. The molecule has 0 bridgehead atoms. The topological polar surface area (TPSA) is 125 Å². The van der Waals surface area contributed by atoms with Crippen molar-refractivity contribution in [2.45, 2.75) is 12.6 Å². The van der Waals surface area contributed by atoms with Crippen LogP contribution in [0.4, 0.5) is 36.3 Å². The molecule has 0 aliphatic carbocycles. The van der Waals surface area contributed by atoms with E-state index in [0.717, 1.165) is 5.56 Å². The van der Waals surface area contributed by atoms with E-state index in [-0.39, 0.29) is 23.4 Å². The highest BCUT2D eigenvalue weighted by Gasteiger charge is 2.35. The number of rotatable bonds is 9. The molecule has 0 spiro atoms. The number of ether oxygens (including phenoxy) is 1. The molecule has 35 heavy (non-hydrogen) atoms. The summed E-state index contributed by atoms with van der Waals surface area (Å²) >= 11 is 0. The van der Waals surface area contributed by atoms with Crippen LogP contribution >= 0.6 is 8.03 Å². The number of hydrogen-bond donors (Lipinski definition) is 4. The first-order valence-corrected chi connectivity index (χ1v) is 11.6. The molecule has 0 radical (unpaired) electrons. The van der Waals surface area contributed by atoms with Gasteiger partial charge in [-0.3, -0.25) is 4.79 Å². The van der Waals surface area contributed by atoms with E-state index in [1.807, 2.05) is 0 Å². The van der Waals surface area contributed by atoms with Gasteiger partial charge in [0.1, 0.15) is 17.1 Å². The number of aromatic nitrogens is 2. The Morgan fingerprint density at radius 1 is 1.14 bits per heavy atom. The maximum absolute atomic E-state index is 13.6. The Bertz CT molecular complexity index is 1240. The third kappa shape index (κ3) is 6.65. The lowest BCUT2D eigenvalue weighted by atomic mass is 10.1. The summed E-state index contributed by atoms with van der Waals surface area (Å²) in [5.74, 6) is -0.834. The van der Waals surface area contributed by atoms with E-state index < -0.39 is 31.5 Å². The first kappa shape index (κ1) is 25.9. The molecule has 4 N–H and O–H groups in total. The Morgan fingerprint density at radius 3 is 2.54 bits per heavy atom.